The molecule has 1 aliphatic heterocycles. The zero-order valence-electron chi connectivity index (χ0n) is 13.9. The van der Waals surface area contributed by atoms with Gasteiger partial charge in [-0.15, -0.1) is 0 Å². The lowest BCUT2D eigenvalue weighted by Crippen LogP contribution is -2.41. The van der Waals surface area contributed by atoms with Gasteiger partial charge in [0, 0.05) is 25.4 Å². The van der Waals surface area contributed by atoms with E-state index in [1.165, 1.54) is 11.6 Å². The summed E-state index contributed by atoms with van der Waals surface area (Å²) in [6.45, 7) is 2.49. The predicted molar refractivity (Wildman–Crippen MR) is 89.9 cm³/mol. The molecule has 3 rings (SSSR count). The van der Waals surface area contributed by atoms with Crippen LogP contribution < -0.4 is 0 Å². The highest BCUT2D eigenvalue weighted by atomic mass is 19.1. The largest absolute Gasteiger partial charge is 0.340 e. The quantitative estimate of drug-likeness (QED) is 0.916. The number of aromatic nitrogens is 2. The van der Waals surface area contributed by atoms with Gasteiger partial charge < -0.3 is 4.90 Å². The normalized spacial score (nSPS) is 16.2. The zero-order valence-corrected chi connectivity index (χ0v) is 13.9. The summed E-state index contributed by atoms with van der Waals surface area (Å²) in [6.07, 6.45) is 5.90. The van der Waals surface area contributed by atoms with Crippen molar-refractivity contribution in [1.29, 1.82) is 0 Å². The van der Waals surface area contributed by atoms with Crippen LogP contribution in [-0.4, -0.2) is 52.6 Å². The van der Waals surface area contributed by atoms with Gasteiger partial charge in [-0.2, -0.15) is 5.10 Å². The van der Waals surface area contributed by atoms with Crippen molar-refractivity contribution in [2.45, 2.75) is 25.3 Å². The smallest absolute Gasteiger partial charge is 0.236 e. The molecule has 1 aromatic heterocycles. The molecule has 1 saturated heterocycles. The molecule has 1 aromatic carbocycles. The molecule has 0 unspecified atom stereocenters. The molecule has 128 valence electrons. The summed E-state index contributed by atoms with van der Waals surface area (Å²) in [5.74, 6) is 0.282. The van der Waals surface area contributed by atoms with Gasteiger partial charge in [-0.3, -0.25) is 14.8 Å². The Balaban J connectivity index is 1.48. The van der Waals surface area contributed by atoms with E-state index in [0.29, 0.717) is 24.6 Å². The van der Waals surface area contributed by atoms with E-state index in [-0.39, 0.29) is 11.7 Å². The van der Waals surface area contributed by atoms with E-state index in [9.17, 15) is 9.18 Å². The van der Waals surface area contributed by atoms with Crippen molar-refractivity contribution in [2.75, 3.05) is 26.7 Å². The van der Waals surface area contributed by atoms with Crippen molar-refractivity contribution in [3.63, 3.8) is 0 Å². The van der Waals surface area contributed by atoms with Crippen LogP contribution in [-0.2, 0) is 11.3 Å². The van der Waals surface area contributed by atoms with E-state index in [1.54, 1.807) is 30.1 Å². The zero-order chi connectivity index (χ0) is 16.9. The van der Waals surface area contributed by atoms with Crippen molar-refractivity contribution in [2.24, 2.45) is 0 Å². The molecule has 5 nitrogen and oxygen atoms in total. The summed E-state index contributed by atoms with van der Waals surface area (Å²) in [5, 5.41) is 6.86. The van der Waals surface area contributed by atoms with Crippen LogP contribution in [0.1, 0.15) is 29.9 Å². The molecule has 1 aliphatic rings. The molecule has 0 saturated carbocycles. The number of nitrogens with zero attached hydrogens (tertiary/aromatic N) is 3. The minimum atomic E-state index is -0.266. The fourth-order valence-corrected chi connectivity index (χ4v) is 3.19. The summed E-state index contributed by atoms with van der Waals surface area (Å²) < 4.78 is 13.7. The van der Waals surface area contributed by atoms with Crippen molar-refractivity contribution in [1.82, 2.24) is 20.0 Å². The van der Waals surface area contributed by atoms with Gasteiger partial charge in [0.05, 0.1) is 12.7 Å². The number of piperidine rings is 1. The molecular weight excluding hydrogens is 307 g/mol. The number of H-pyrrole nitrogens is 1. The van der Waals surface area contributed by atoms with Gasteiger partial charge in [0.15, 0.2) is 0 Å². The van der Waals surface area contributed by atoms with Crippen LogP contribution in [0, 0.1) is 5.82 Å². The van der Waals surface area contributed by atoms with Gasteiger partial charge in [0.1, 0.15) is 5.82 Å². The number of halogens is 1. The average molecular weight is 330 g/mol. The highest BCUT2D eigenvalue weighted by Gasteiger charge is 2.23. The van der Waals surface area contributed by atoms with Gasteiger partial charge in [-0.1, -0.05) is 18.2 Å². The Labute approximate surface area is 141 Å². The molecule has 6 heteroatoms. The van der Waals surface area contributed by atoms with Crippen LogP contribution in [0.15, 0.2) is 36.7 Å². The second kappa shape index (κ2) is 7.57. The number of hydrogen-bond acceptors (Lipinski definition) is 3. The fourth-order valence-electron chi connectivity index (χ4n) is 3.19. The monoisotopic (exact) mass is 330 g/mol. The lowest BCUT2D eigenvalue weighted by atomic mass is 9.91. The predicted octanol–water partition coefficient (Wildman–Crippen LogP) is 2.39. The molecule has 0 spiro atoms. The number of amides is 1. The summed E-state index contributed by atoms with van der Waals surface area (Å²) >= 11 is 0. The van der Waals surface area contributed by atoms with Gasteiger partial charge in [-0.05, 0) is 43.5 Å². The lowest BCUT2D eigenvalue weighted by molar-refractivity contribution is -0.131. The number of hydrogen-bond donors (Lipinski definition) is 1. The third-order valence-electron chi connectivity index (χ3n) is 4.73. The number of likely N-dealkylation sites (tertiary alicyclic amines) is 1. The molecular formula is C18H23FN4O. The van der Waals surface area contributed by atoms with Crippen molar-refractivity contribution in [3.05, 3.63) is 53.6 Å². The van der Waals surface area contributed by atoms with Gasteiger partial charge in [-0.25, -0.2) is 4.39 Å². The molecule has 24 heavy (non-hydrogen) atoms. The Bertz CT molecular complexity index is 665. The van der Waals surface area contributed by atoms with E-state index in [4.69, 9.17) is 0 Å². The van der Waals surface area contributed by atoms with Crippen LogP contribution in [0.2, 0.25) is 0 Å². The maximum Gasteiger partial charge on any atom is 0.236 e. The van der Waals surface area contributed by atoms with Gasteiger partial charge in [0.2, 0.25) is 5.91 Å². The van der Waals surface area contributed by atoms with Gasteiger partial charge >= 0.3 is 0 Å². The number of aromatic amines is 1. The Hall–Kier alpha value is -2.21. The fraction of sp³-hybridized carbons (Fsp3) is 0.444. The number of nitrogens with one attached hydrogen (secondary N) is 1. The first-order chi connectivity index (χ1) is 11.6. The van der Waals surface area contributed by atoms with Crippen LogP contribution in [0.3, 0.4) is 0 Å². The molecule has 0 aliphatic carbocycles. The number of benzene rings is 1. The van der Waals surface area contributed by atoms with E-state index in [2.05, 4.69) is 15.1 Å². The first-order valence-corrected chi connectivity index (χ1v) is 8.32. The Morgan fingerprint density at radius 1 is 1.38 bits per heavy atom. The number of carbonyl (C=O) groups excluding carboxylic acids is 1. The number of rotatable bonds is 5. The first kappa shape index (κ1) is 16.6. The molecule has 1 fully saturated rings. The van der Waals surface area contributed by atoms with Crippen LogP contribution >= 0.6 is 0 Å². The minimum Gasteiger partial charge on any atom is -0.340 e. The second-order valence-corrected chi connectivity index (χ2v) is 6.42. The molecule has 1 N–H and O–H groups in total. The average Bonchev–Trinajstić information content (AvgIpc) is 3.12. The van der Waals surface area contributed by atoms with E-state index in [0.717, 1.165) is 25.9 Å². The van der Waals surface area contributed by atoms with Crippen LogP contribution in [0.4, 0.5) is 4.39 Å². The summed E-state index contributed by atoms with van der Waals surface area (Å²) in [6, 6.07) is 6.59. The van der Waals surface area contributed by atoms with Crippen molar-refractivity contribution < 1.29 is 9.18 Å². The molecule has 0 bridgehead atoms. The summed E-state index contributed by atoms with van der Waals surface area (Å²) in [4.78, 5) is 16.2. The second-order valence-electron chi connectivity index (χ2n) is 6.42. The molecule has 2 heterocycles. The maximum absolute atomic E-state index is 13.7. The first-order valence-electron chi connectivity index (χ1n) is 8.32. The molecule has 0 radical (unpaired) electrons. The third kappa shape index (κ3) is 4.00. The summed E-state index contributed by atoms with van der Waals surface area (Å²) in [7, 11) is 1.73. The van der Waals surface area contributed by atoms with Crippen LogP contribution in [0.5, 0.6) is 0 Å². The van der Waals surface area contributed by atoms with Crippen LogP contribution in [0.25, 0.3) is 0 Å². The third-order valence-corrected chi connectivity index (χ3v) is 4.73. The molecule has 1 amide bonds. The Morgan fingerprint density at radius 2 is 2.12 bits per heavy atom. The maximum atomic E-state index is 13.7. The van der Waals surface area contributed by atoms with E-state index < -0.39 is 0 Å². The standard InChI is InChI=1S/C18H23FN4O/c1-22(12-15-4-2-3-5-17(15)19)18(24)13-23-8-6-14(7-9-23)16-10-20-21-11-16/h2-5,10-11,14H,6-9,12-13H2,1H3,(H,20,21). The highest BCUT2D eigenvalue weighted by molar-refractivity contribution is 5.78. The molecule has 2 aromatic rings. The van der Waals surface area contributed by atoms with Gasteiger partial charge in [0.25, 0.3) is 0 Å². The molecule has 0 atom stereocenters. The topological polar surface area (TPSA) is 52.2 Å². The van der Waals surface area contributed by atoms with E-state index in [1.807, 2.05) is 12.4 Å². The number of likely N-dealkylation sites (N-methyl/N-ethyl adjacent to an activating group) is 1. The highest BCUT2D eigenvalue weighted by Crippen LogP contribution is 2.27. The Kier molecular flexibility index (Phi) is 5.25. The van der Waals surface area contributed by atoms with Crippen molar-refractivity contribution in [3.8, 4) is 0 Å². The van der Waals surface area contributed by atoms with E-state index >= 15 is 0 Å². The lowest BCUT2D eigenvalue weighted by Gasteiger charge is -2.32. The SMILES string of the molecule is CN(Cc1ccccc1F)C(=O)CN1CCC(c2cn[nH]c2)CC1. The summed E-state index contributed by atoms with van der Waals surface area (Å²) in [5.41, 5.74) is 1.80. The Morgan fingerprint density at radius 3 is 2.79 bits per heavy atom. The number of carbonyl (C=O) groups is 1. The minimum absolute atomic E-state index is 0.0278. The van der Waals surface area contributed by atoms with Crippen molar-refractivity contribution >= 4 is 5.91 Å².